The molecular formula is C15H13BrClFO. The first kappa shape index (κ1) is 14.5. The molecule has 0 bridgehead atoms. The highest BCUT2D eigenvalue weighted by atomic mass is 79.9. The highest BCUT2D eigenvalue weighted by Crippen LogP contribution is 2.29. The SMILES string of the molecule is Cc1ccc(CC(O)c2cc(F)ccc2Br)c(Cl)c1. The molecule has 0 heterocycles. The lowest BCUT2D eigenvalue weighted by atomic mass is 10.0. The average molecular weight is 344 g/mol. The topological polar surface area (TPSA) is 20.2 Å². The Morgan fingerprint density at radius 3 is 2.68 bits per heavy atom. The van der Waals surface area contributed by atoms with Crippen LogP contribution in [0.4, 0.5) is 4.39 Å². The molecule has 19 heavy (non-hydrogen) atoms. The molecule has 0 saturated heterocycles. The van der Waals surface area contributed by atoms with E-state index in [0.717, 1.165) is 11.1 Å². The van der Waals surface area contributed by atoms with Crippen LogP contribution >= 0.6 is 27.5 Å². The van der Waals surface area contributed by atoms with Crippen molar-refractivity contribution in [1.82, 2.24) is 0 Å². The van der Waals surface area contributed by atoms with E-state index in [2.05, 4.69) is 15.9 Å². The molecule has 0 aromatic heterocycles. The minimum atomic E-state index is -0.801. The molecule has 1 atom stereocenters. The van der Waals surface area contributed by atoms with Crippen molar-refractivity contribution in [2.45, 2.75) is 19.4 Å². The first-order valence-electron chi connectivity index (χ1n) is 5.85. The van der Waals surface area contributed by atoms with Crippen molar-refractivity contribution >= 4 is 27.5 Å². The molecule has 1 unspecified atom stereocenters. The Bertz CT molecular complexity index is 601. The van der Waals surface area contributed by atoms with E-state index in [1.165, 1.54) is 12.1 Å². The fourth-order valence-electron chi connectivity index (χ4n) is 1.91. The minimum absolute atomic E-state index is 0.348. The van der Waals surface area contributed by atoms with Crippen molar-refractivity contribution in [3.8, 4) is 0 Å². The van der Waals surface area contributed by atoms with Gasteiger partial charge in [-0.05, 0) is 47.9 Å². The van der Waals surface area contributed by atoms with Crippen molar-refractivity contribution in [3.05, 3.63) is 68.4 Å². The van der Waals surface area contributed by atoms with Crippen molar-refractivity contribution in [3.63, 3.8) is 0 Å². The van der Waals surface area contributed by atoms with Crippen LogP contribution in [0.1, 0.15) is 22.8 Å². The molecule has 1 N–H and O–H groups in total. The van der Waals surface area contributed by atoms with E-state index in [1.54, 1.807) is 6.07 Å². The lowest BCUT2D eigenvalue weighted by Crippen LogP contribution is -2.04. The Hall–Kier alpha value is -0.900. The molecule has 0 fully saturated rings. The third-order valence-corrected chi connectivity index (χ3v) is 4.01. The Balaban J connectivity index is 2.25. The Labute approximate surface area is 125 Å². The number of aryl methyl sites for hydroxylation is 1. The first-order chi connectivity index (χ1) is 8.97. The maximum atomic E-state index is 13.2. The predicted molar refractivity (Wildman–Crippen MR) is 79.0 cm³/mol. The third-order valence-electron chi connectivity index (χ3n) is 2.94. The van der Waals surface area contributed by atoms with E-state index in [0.29, 0.717) is 21.5 Å². The van der Waals surface area contributed by atoms with E-state index in [9.17, 15) is 9.50 Å². The summed E-state index contributed by atoms with van der Waals surface area (Å²) in [4.78, 5) is 0. The van der Waals surface area contributed by atoms with Crippen molar-refractivity contribution in [2.24, 2.45) is 0 Å². The number of hydrogen-bond acceptors (Lipinski definition) is 1. The zero-order valence-corrected chi connectivity index (χ0v) is 12.7. The largest absolute Gasteiger partial charge is 0.388 e. The van der Waals surface area contributed by atoms with Crippen LogP contribution in [0.5, 0.6) is 0 Å². The normalized spacial score (nSPS) is 12.5. The van der Waals surface area contributed by atoms with Crippen LogP contribution < -0.4 is 0 Å². The van der Waals surface area contributed by atoms with Gasteiger partial charge in [0, 0.05) is 15.9 Å². The molecule has 1 nitrogen and oxygen atoms in total. The highest BCUT2D eigenvalue weighted by molar-refractivity contribution is 9.10. The van der Waals surface area contributed by atoms with Gasteiger partial charge in [-0.1, -0.05) is 39.7 Å². The van der Waals surface area contributed by atoms with E-state index in [-0.39, 0.29) is 5.82 Å². The van der Waals surface area contributed by atoms with Crippen molar-refractivity contribution < 1.29 is 9.50 Å². The number of hydrogen-bond donors (Lipinski definition) is 1. The molecule has 0 spiro atoms. The van der Waals surface area contributed by atoms with Gasteiger partial charge in [0.1, 0.15) is 5.82 Å². The molecule has 0 aliphatic heterocycles. The Morgan fingerprint density at radius 1 is 1.26 bits per heavy atom. The van der Waals surface area contributed by atoms with Gasteiger partial charge in [0.15, 0.2) is 0 Å². The maximum Gasteiger partial charge on any atom is 0.123 e. The predicted octanol–water partition coefficient (Wildman–Crippen LogP) is 4.83. The molecule has 2 aromatic carbocycles. The van der Waals surface area contributed by atoms with E-state index in [4.69, 9.17) is 11.6 Å². The quantitative estimate of drug-likeness (QED) is 0.846. The first-order valence-corrected chi connectivity index (χ1v) is 7.02. The van der Waals surface area contributed by atoms with Gasteiger partial charge >= 0.3 is 0 Å². The van der Waals surface area contributed by atoms with Crippen molar-refractivity contribution in [1.29, 1.82) is 0 Å². The summed E-state index contributed by atoms with van der Waals surface area (Å²) in [6, 6.07) is 9.94. The van der Waals surface area contributed by atoms with Gasteiger partial charge in [0.05, 0.1) is 6.10 Å². The van der Waals surface area contributed by atoms with Gasteiger partial charge in [-0.2, -0.15) is 0 Å². The second-order valence-electron chi connectivity index (χ2n) is 4.48. The molecule has 0 amide bonds. The molecule has 0 saturated carbocycles. The fraction of sp³-hybridized carbons (Fsp3) is 0.200. The summed E-state index contributed by atoms with van der Waals surface area (Å²) >= 11 is 9.45. The summed E-state index contributed by atoms with van der Waals surface area (Å²) < 4.78 is 13.9. The summed E-state index contributed by atoms with van der Waals surface area (Å²) in [5.74, 6) is -0.368. The summed E-state index contributed by atoms with van der Waals surface area (Å²) in [5, 5.41) is 10.8. The van der Waals surface area contributed by atoms with Crippen LogP contribution in [-0.2, 0) is 6.42 Å². The van der Waals surface area contributed by atoms with E-state index < -0.39 is 6.10 Å². The van der Waals surface area contributed by atoms with Crippen LogP contribution in [0.15, 0.2) is 40.9 Å². The highest BCUT2D eigenvalue weighted by Gasteiger charge is 2.14. The second kappa shape index (κ2) is 6.04. The fourth-order valence-corrected chi connectivity index (χ4v) is 2.73. The zero-order valence-electron chi connectivity index (χ0n) is 10.3. The maximum absolute atomic E-state index is 13.2. The molecule has 0 aliphatic carbocycles. The van der Waals surface area contributed by atoms with Gasteiger partial charge in [-0.3, -0.25) is 0 Å². The van der Waals surface area contributed by atoms with Crippen LogP contribution in [0.2, 0.25) is 5.02 Å². The van der Waals surface area contributed by atoms with E-state index >= 15 is 0 Å². The van der Waals surface area contributed by atoms with Crippen molar-refractivity contribution in [2.75, 3.05) is 0 Å². The molecular weight excluding hydrogens is 331 g/mol. The van der Waals surface area contributed by atoms with Gasteiger partial charge in [0.25, 0.3) is 0 Å². The number of halogens is 3. The summed E-state index contributed by atoms with van der Waals surface area (Å²) in [5.41, 5.74) is 2.43. The molecule has 100 valence electrons. The molecule has 4 heteroatoms. The lowest BCUT2D eigenvalue weighted by molar-refractivity contribution is 0.177. The number of aliphatic hydroxyl groups is 1. The smallest absolute Gasteiger partial charge is 0.123 e. The van der Waals surface area contributed by atoms with Crippen LogP contribution in [0, 0.1) is 12.7 Å². The van der Waals surface area contributed by atoms with Crippen LogP contribution in [-0.4, -0.2) is 5.11 Å². The summed E-state index contributed by atoms with van der Waals surface area (Å²) in [6.45, 7) is 1.95. The Kier molecular flexibility index (Phi) is 4.61. The lowest BCUT2D eigenvalue weighted by Gasteiger charge is -2.14. The van der Waals surface area contributed by atoms with Gasteiger partial charge in [-0.15, -0.1) is 0 Å². The average Bonchev–Trinajstić information content (AvgIpc) is 2.35. The second-order valence-corrected chi connectivity index (χ2v) is 5.74. The molecule has 2 rings (SSSR count). The van der Waals surface area contributed by atoms with E-state index in [1.807, 2.05) is 25.1 Å². The summed E-state index contributed by atoms with van der Waals surface area (Å²) in [7, 11) is 0. The van der Waals surface area contributed by atoms with Gasteiger partial charge in [-0.25, -0.2) is 4.39 Å². The summed E-state index contributed by atoms with van der Waals surface area (Å²) in [6.07, 6.45) is -0.452. The van der Waals surface area contributed by atoms with Crippen LogP contribution in [0.3, 0.4) is 0 Å². The van der Waals surface area contributed by atoms with Gasteiger partial charge < -0.3 is 5.11 Å². The molecule has 0 radical (unpaired) electrons. The number of aliphatic hydroxyl groups excluding tert-OH is 1. The number of benzene rings is 2. The standard InChI is InChI=1S/C15H13BrClFO/c1-9-2-3-10(14(17)6-9)7-15(19)12-8-11(18)4-5-13(12)16/h2-6,8,15,19H,7H2,1H3. The molecule has 2 aromatic rings. The minimum Gasteiger partial charge on any atom is -0.388 e. The monoisotopic (exact) mass is 342 g/mol. The number of rotatable bonds is 3. The third kappa shape index (κ3) is 3.56. The zero-order chi connectivity index (χ0) is 14.0. The van der Waals surface area contributed by atoms with Crippen LogP contribution in [0.25, 0.3) is 0 Å². The van der Waals surface area contributed by atoms with Gasteiger partial charge in [0.2, 0.25) is 0 Å². The Morgan fingerprint density at radius 2 is 2.00 bits per heavy atom. The molecule has 0 aliphatic rings.